The van der Waals surface area contributed by atoms with E-state index in [4.69, 9.17) is 9.72 Å². The molecule has 3 N–H and O–H groups in total. The number of rotatable bonds is 11. The molecular formula is C49H69N7O7S3. The number of esters is 1. The number of amides is 4. The van der Waals surface area contributed by atoms with Crippen molar-refractivity contribution in [2.75, 3.05) is 33.8 Å². The summed E-state index contributed by atoms with van der Waals surface area (Å²) in [7, 11) is 3.11. The van der Waals surface area contributed by atoms with Gasteiger partial charge in [-0.2, -0.15) is 40.5 Å². The largest absolute Gasteiger partial charge is 0.508 e. The standard InChI is InChI=1S/C49H63N7O7.3H2S/c1-10-38-35(15-13-20-50-38)45-37-28-49(6,7)29-63-48(62)39-16-14-21-56(52-39)47(61)40(51-46(60)44(30(4)5)54(9)43(59)19-22-53(8)42(58)11-2)25-31-23-33(26-34(57)24-31)32-17-18-41(36(37)27-32)55(45)12-3;;;/h11,13,15,17-18,20,23-24,26-27,30,39-40,44,52,57H,2,10,12,14,16,19,21-22,25,28-29H2,1,3-9H3,(H,51,60);3*1H2/t39-,40-,44-;;;/m0.../s1. The van der Waals surface area contributed by atoms with Crippen LogP contribution in [-0.4, -0.2) is 111 Å². The highest BCUT2D eigenvalue weighted by Crippen LogP contribution is 2.41. The summed E-state index contributed by atoms with van der Waals surface area (Å²) in [6.07, 6.45) is 5.26. The van der Waals surface area contributed by atoms with Crippen LogP contribution >= 0.6 is 40.5 Å². The Kier molecular flexibility index (Phi) is 19.8. The Bertz CT molecular complexity index is 2400. The van der Waals surface area contributed by atoms with Crippen LogP contribution in [0.3, 0.4) is 0 Å². The molecule has 2 aromatic heterocycles. The number of nitrogens with one attached hydrogen (secondary N) is 2. The summed E-state index contributed by atoms with van der Waals surface area (Å²) < 4.78 is 8.40. The van der Waals surface area contributed by atoms with E-state index < -0.39 is 41.3 Å². The summed E-state index contributed by atoms with van der Waals surface area (Å²) in [6.45, 7) is 16.8. The van der Waals surface area contributed by atoms with Gasteiger partial charge in [-0.05, 0) is 103 Å². The van der Waals surface area contributed by atoms with E-state index in [9.17, 15) is 29.1 Å². The number of phenols is 1. The zero-order chi connectivity index (χ0) is 45.7. The molecule has 1 saturated heterocycles. The van der Waals surface area contributed by atoms with Gasteiger partial charge in [0.05, 0.1) is 12.3 Å². The molecular weight excluding hydrogens is 895 g/mol. The van der Waals surface area contributed by atoms with E-state index in [2.05, 4.69) is 67.8 Å². The van der Waals surface area contributed by atoms with Gasteiger partial charge in [-0.15, -0.1) is 0 Å². The number of phenolic OH excluding ortho intramolecular Hbond substituents is 1. The second kappa shape index (κ2) is 23.7. The normalized spacial score (nSPS) is 17.5. The lowest BCUT2D eigenvalue weighted by molar-refractivity contribution is -0.155. The first-order valence-corrected chi connectivity index (χ1v) is 22.1. The number of aromatic nitrogens is 2. The highest BCUT2D eigenvalue weighted by molar-refractivity contribution is 7.59. The molecule has 0 radical (unpaired) electrons. The van der Waals surface area contributed by atoms with Crippen molar-refractivity contribution >= 4 is 81.0 Å². The number of aryl methyl sites for hydroxylation is 2. The van der Waals surface area contributed by atoms with Crippen molar-refractivity contribution in [1.82, 2.24) is 35.1 Å². The number of aromatic hydroxyl groups is 1. The number of likely N-dealkylation sites (N-methyl/N-ethyl adjacent to an activating group) is 2. The molecule has 17 heteroatoms. The monoisotopic (exact) mass is 963 g/mol. The zero-order valence-corrected chi connectivity index (χ0v) is 42.5. The number of pyridine rings is 1. The van der Waals surface area contributed by atoms with Crippen molar-refractivity contribution in [3.63, 3.8) is 0 Å². The third-order valence-electron chi connectivity index (χ3n) is 12.2. The average Bonchev–Trinajstić information content (AvgIpc) is 3.56. The van der Waals surface area contributed by atoms with Gasteiger partial charge in [-0.3, -0.25) is 34.0 Å². The molecule has 6 rings (SSSR count). The molecule has 2 aromatic carbocycles. The molecule has 4 amide bonds. The van der Waals surface area contributed by atoms with E-state index in [0.717, 1.165) is 51.0 Å². The summed E-state index contributed by atoms with van der Waals surface area (Å²) in [5, 5.41) is 16.6. The van der Waals surface area contributed by atoms with Crippen LogP contribution in [0.15, 0.2) is 67.4 Å². The fraction of sp³-hybridized carbons (Fsp3) is 0.469. The lowest BCUT2D eigenvalue weighted by atomic mass is 9.84. The number of fused-ring (bicyclic) bond motifs is 6. The van der Waals surface area contributed by atoms with Gasteiger partial charge in [0.1, 0.15) is 23.9 Å². The van der Waals surface area contributed by atoms with Crippen LogP contribution in [0.5, 0.6) is 5.75 Å². The van der Waals surface area contributed by atoms with Crippen molar-refractivity contribution in [2.24, 2.45) is 11.3 Å². The molecule has 3 atom stereocenters. The highest BCUT2D eigenvalue weighted by Gasteiger charge is 2.38. The van der Waals surface area contributed by atoms with E-state index in [-0.39, 0.29) is 96.5 Å². The molecule has 0 unspecified atom stereocenters. The Balaban J connectivity index is 0.00000385. The first-order chi connectivity index (χ1) is 30.0. The third-order valence-corrected chi connectivity index (χ3v) is 12.2. The molecule has 0 spiro atoms. The van der Waals surface area contributed by atoms with Crippen molar-refractivity contribution in [3.8, 4) is 28.1 Å². The summed E-state index contributed by atoms with van der Waals surface area (Å²) in [6, 6.07) is 12.6. The van der Waals surface area contributed by atoms with Crippen molar-refractivity contribution in [1.29, 1.82) is 0 Å². The molecule has 6 bridgehead atoms. The van der Waals surface area contributed by atoms with E-state index in [1.165, 1.54) is 27.9 Å². The van der Waals surface area contributed by atoms with Gasteiger partial charge >= 0.3 is 5.97 Å². The van der Waals surface area contributed by atoms with Gasteiger partial charge in [-0.25, -0.2) is 5.43 Å². The van der Waals surface area contributed by atoms with E-state index in [1.807, 2.05) is 38.2 Å². The fourth-order valence-electron chi connectivity index (χ4n) is 8.99. The van der Waals surface area contributed by atoms with E-state index in [1.54, 1.807) is 19.2 Å². The Morgan fingerprint density at radius 3 is 2.45 bits per heavy atom. The van der Waals surface area contributed by atoms with Gasteiger partial charge in [0.2, 0.25) is 17.7 Å². The lowest BCUT2D eigenvalue weighted by Gasteiger charge is -2.37. The predicted octanol–water partition coefficient (Wildman–Crippen LogP) is 6.16. The van der Waals surface area contributed by atoms with Crippen LogP contribution in [-0.2, 0) is 54.5 Å². The maximum absolute atomic E-state index is 14.6. The Hall–Kier alpha value is -4.97. The molecule has 2 aliphatic rings. The van der Waals surface area contributed by atoms with Crippen LogP contribution in [0.2, 0.25) is 0 Å². The summed E-state index contributed by atoms with van der Waals surface area (Å²) in [5.41, 5.74) is 10.0. The zero-order valence-electron chi connectivity index (χ0n) is 39.5. The number of carbonyl (C=O) groups excluding carboxylic acids is 5. The minimum absolute atomic E-state index is 0. The fourth-order valence-corrected chi connectivity index (χ4v) is 8.99. The molecule has 66 heavy (non-hydrogen) atoms. The smallest absolute Gasteiger partial charge is 0.324 e. The second-order valence-electron chi connectivity index (χ2n) is 18.0. The molecule has 1 fully saturated rings. The predicted molar refractivity (Wildman–Crippen MR) is 274 cm³/mol. The summed E-state index contributed by atoms with van der Waals surface area (Å²) in [4.78, 5) is 75.8. The van der Waals surface area contributed by atoms with Crippen molar-refractivity contribution < 1.29 is 33.8 Å². The number of hydrogen-bond donors (Lipinski definition) is 3. The molecule has 0 aliphatic carbocycles. The Morgan fingerprint density at radius 1 is 1.06 bits per heavy atom. The Morgan fingerprint density at radius 2 is 1.79 bits per heavy atom. The third kappa shape index (κ3) is 12.3. The van der Waals surface area contributed by atoms with Crippen LogP contribution < -0.4 is 10.7 Å². The van der Waals surface area contributed by atoms with Crippen LogP contribution in [0, 0.1) is 11.3 Å². The number of benzene rings is 2. The van der Waals surface area contributed by atoms with Crippen molar-refractivity contribution in [3.05, 3.63) is 84.2 Å². The van der Waals surface area contributed by atoms with Gasteiger partial charge in [-0.1, -0.05) is 53.3 Å². The maximum atomic E-state index is 14.6. The topological polar surface area (TPSA) is 166 Å². The molecule has 4 aromatic rings. The van der Waals surface area contributed by atoms with Crippen LogP contribution in [0.25, 0.3) is 33.3 Å². The molecule has 4 heterocycles. The number of nitrogens with zero attached hydrogens (tertiary/aromatic N) is 5. The minimum atomic E-state index is -1.16. The number of carbonyl (C=O) groups is 5. The average molecular weight is 964 g/mol. The van der Waals surface area contributed by atoms with Crippen molar-refractivity contribution in [2.45, 2.75) is 105 Å². The highest BCUT2D eigenvalue weighted by atomic mass is 32.1. The van der Waals surface area contributed by atoms with Gasteiger partial charge in [0, 0.05) is 80.3 Å². The van der Waals surface area contributed by atoms with E-state index in [0.29, 0.717) is 31.4 Å². The first-order valence-electron chi connectivity index (χ1n) is 22.1. The molecule has 360 valence electrons. The van der Waals surface area contributed by atoms with Gasteiger partial charge in [0.15, 0.2) is 0 Å². The summed E-state index contributed by atoms with van der Waals surface area (Å²) >= 11 is 0. The lowest BCUT2D eigenvalue weighted by Crippen LogP contribution is -2.62. The number of ether oxygens (including phenoxy) is 1. The van der Waals surface area contributed by atoms with Crippen LogP contribution in [0.1, 0.15) is 77.6 Å². The number of hydrazine groups is 1. The number of hydrogen-bond acceptors (Lipinski definition) is 9. The van der Waals surface area contributed by atoms with Gasteiger partial charge in [0.25, 0.3) is 5.91 Å². The molecule has 0 saturated carbocycles. The summed E-state index contributed by atoms with van der Waals surface area (Å²) in [5.74, 6) is -2.52. The maximum Gasteiger partial charge on any atom is 0.324 e. The van der Waals surface area contributed by atoms with Gasteiger partial charge < -0.3 is 29.5 Å². The molecule has 2 aliphatic heterocycles. The second-order valence-corrected chi connectivity index (χ2v) is 18.0. The van der Waals surface area contributed by atoms with E-state index >= 15 is 0 Å². The SMILES string of the molecule is C=CC(=O)N(C)CCC(=O)N(C)[C@H](C(=O)N[C@H]1Cc2cc(O)cc(c2)-c2ccc3c(c2)c(c(-c2cccnc2CC)n3CC)CC(C)(C)COC(=O)[C@@H]2CCCN(N2)C1=O)C(C)C.S.S.S. The Labute approximate surface area is 410 Å². The first kappa shape index (κ1) is 55.4. The van der Waals surface area contributed by atoms with Crippen LogP contribution in [0.4, 0.5) is 0 Å². The number of cyclic esters (lactones) is 1. The quantitative estimate of drug-likeness (QED) is 0.118. The minimum Gasteiger partial charge on any atom is -0.508 e. The molecule has 14 nitrogen and oxygen atoms in total.